The average Bonchev–Trinajstić information content (AvgIpc) is 3.24. The lowest BCUT2D eigenvalue weighted by Gasteiger charge is -2.08. The molecule has 0 amide bonds. The fourth-order valence-electron chi connectivity index (χ4n) is 1.81. The number of nitrogens with one attached hydrogen (secondary N) is 1. The molecule has 0 unspecified atom stereocenters. The van der Waals surface area contributed by atoms with Gasteiger partial charge in [0.05, 0.1) is 16.9 Å². The summed E-state index contributed by atoms with van der Waals surface area (Å²) in [6, 6.07) is 3.86. The lowest BCUT2D eigenvalue weighted by Crippen LogP contribution is -2.04. The number of hydrogen-bond donors (Lipinski definition) is 2. The van der Waals surface area contributed by atoms with Crippen LogP contribution in [0.1, 0.15) is 12.8 Å². The van der Waals surface area contributed by atoms with E-state index in [2.05, 4.69) is 20.3 Å². The van der Waals surface area contributed by atoms with Gasteiger partial charge in [0.25, 0.3) is 0 Å². The van der Waals surface area contributed by atoms with E-state index < -0.39 is 0 Å². The Morgan fingerprint density at radius 2 is 2.21 bits per heavy atom. The number of nitrogens with two attached hydrogens (primary N) is 1. The molecule has 1 aliphatic carbocycles. The quantitative estimate of drug-likeness (QED) is 0.897. The van der Waals surface area contributed by atoms with Crippen LogP contribution in [-0.2, 0) is 0 Å². The van der Waals surface area contributed by atoms with E-state index in [1.165, 1.54) is 19.0 Å². The lowest BCUT2D eigenvalue weighted by atomic mass is 10.2. The highest BCUT2D eigenvalue weighted by atomic mass is 35.5. The minimum absolute atomic E-state index is 0.192. The van der Waals surface area contributed by atoms with Gasteiger partial charge in [0.1, 0.15) is 5.69 Å². The van der Waals surface area contributed by atoms with Crippen molar-refractivity contribution in [2.75, 3.05) is 17.6 Å². The molecule has 3 N–H and O–H groups in total. The van der Waals surface area contributed by atoms with Crippen molar-refractivity contribution >= 4 is 23.2 Å². The highest BCUT2D eigenvalue weighted by Gasteiger charge is 2.20. The number of nitrogen functional groups attached to an aromatic ring is 1. The Bertz CT molecular complexity index is 597. The maximum Gasteiger partial charge on any atom is 0.220 e. The van der Waals surface area contributed by atoms with Crippen molar-refractivity contribution in [1.82, 2.24) is 15.0 Å². The van der Waals surface area contributed by atoms with Gasteiger partial charge in [0.2, 0.25) is 5.95 Å². The SMILES string of the molecule is Nc1ncc(Cl)c(-c2cc(NCC3CC3)ccn2)n1. The van der Waals surface area contributed by atoms with Gasteiger partial charge in [-0.25, -0.2) is 9.97 Å². The number of anilines is 2. The van der Waals surface area contributed by atoms with Crippen LogP contribution >= 0.6 is 11.6 Å². The standard InChI is InChI=1S/C13H14ClN5/c14-10-7-18-13(15)19-12(10)11-5-9(3-4-16-11)17-6-8-1-2-8/h3-5,7-8H,1-2,6H2,(H,16,17)(H2,15,18,19). The molecule has 1 saturated carbocycles. The zero-order chi connectivity index (χ0) is 13.2. The molecule has 0 spiro atoms. The summed E-state index contributed by atoms with van der Waals surface area (Å²) < 4.78 is 0. The van der Waals surface area contributed by atoms with Gasteiger partial charge in [0, 0.05) is 18.4 Å². The fraction of sp³-hybridized carbons (Fsp3) is 0.308. The van der Waals surface area contributed by atoms with Crippen LogP contribution in [0.4, 0.5) is 11.6 Å². The number of aromatic nitrogens is 3. The third-order valence-electron chi connectivity index (χ3n) is 3.06. The van der Waals surface area contributed by atoms with Crippen molar-refractivity contribution in [2.24, 2.45) is 5.92 Å². The molecule has 0 atom stereocenters. The van der Waals surface area contributed by atoms with Crippen LogP contribution in [0.5, 0.6) is 0 Å². The molecule has 1 fully saturated rings. The minimum atomic E-state index is 0.192. The molecule has 0 saturated heterocycles. The van der Waals surface area contributed by atoms with E-state index in [-0.39, 0.29) is 5.95 Å². The fourth-order valence-corrected chi connectivity index (χ4v) is 2.00. The van der Waals surface area contributed by atoms with Crippen molar-refractivity contribution in [1.29, 1.82) is 0 Å². The number of hydrogen-bond acceptors (Lipinski definition) is 5. The van der Waals surface area contributed by atoms with Crippen molar-refractivity contribution in [3.63, 3.8) is 0 Å². The van der Waals surface area contributed by atoms with E-state index >= 15 is 0 Å². The molecular weight excluding hydrogens is 262 g/mol. The molecular formula is C13H14ClN5. The summed E-state index contributed by atoms with van der Waals surface area (Å²) in [7, 11) is 0. The minimum Gasteiger partial charge on any atom is -0.385 e. The topological polar surface area (TPSA) is 76.7 Å². The van der Waals surface area contributed by atoms with Gasteiger partial charge in [-0.05, 0) is 30.9 Å². The summed E-state index contributed by atoms with van der Waals surface area (Å²) in [5.41, 5.74) is 7.86. The summed E-state index contributed by atoms with van der Waals surface area (Å²) in [5, 5.41) is 3.84. The van der Waals surface area contributed by atoms with Crippen LogP contribution in [0.2, 0.25) is 5.02 Å². The van der Waals surface area contributed by atoms with Crippen molar-refractivity contribution in [2.45, 2.75) is 12.8 Å². The predicted octanol–water partition coefficient (Wildman–Crippen LogP) is 2.60. The second-order valence-corrected chi connectivity index (χ2v) is 5.09. The maximum absolute atomic E-state index is 6.08. The molecule has 0 aromatic carbocycles. The van der Waals surface area contributed by atoms with Gasteiger partial charge in [0.15, 0.2) is 0 Å². The molecule has 1 aliphatic rings. The highest BCUT2D eigenvalue weighted by Crippen LogP contribution is 2.30. The lowest BCUT2D eigenvalue weighted by molar-refractivity contribution is 0.889. The molecule has 3 rings (SSSR count). The van der Waals surface area contributed by atoms with Crippen LogP contribution in [0.15, 0.2) is 24.5 Å². The van der Waals surface area contributed by atoms with E-state index in [1.807, 2.05) is 12.1 Å². The first-order valence-electron chi connectivity index (χ1n) is 6.20. The smallest absolute Gasteiger partial charge is 0.220 e. The van der Waals surface area contributed by atoms with Crippen LogP contribution in [0.25, 0.3) is 11.4 Å². The van der Waals surface area contributed by atoms with Crippen LogP contribution in [0.3, 0.4) is 0 Å². The Kier molecular flexibility index (Phi) is 3.21. The molecule has 0 radical (unpaired) electrons. The summed E-state index contributed by atoms with van der Waals surface area (Å²) >= 11 is 6.08. The maximum atomic E-state index is 6.08. The second kappa shape index (κ2) is 5.01. The van der Waals surface area contributed by atoms with Gasteiger partial charge in [-0.3, -0.25) is 4.98 Å². The van der Waals surface area contributed by atoms with Crippen molar-refractivity contribution < 1.29 is 0 Å². The van der Waals surface area contributed by atoms with Crippen molar-refractivity contribution in [3.05, 3.63) is 29.5 Å². The first-order valence-corrected chi connectivity index (χ1v) is 6.58. The van der Waals surface area contributed by atoms with Crippen LogP contribution in [-0.4, -0.2) is 21.5 Å². The Morgan fingerprint density at radius 1 is 1.37 bits per heavy atom. The van der Waals surface area contributed by atoms with Crippen LogP contribution < -0.4 is 11.1 Å². The molecule has 2 heterocycles. The van der Waals surface area contributed by atoms with Gasteiger partial charge < -0.3 is 11.1 Å². The van der Waals surface area contributed by atoms with Gasteiger partial charge >= 0.3 is 0 Å². The monoisotopic (exact) mass is 275 g/mol. The molecule has 2 aromatic heterocycles. The van der Waals surface area contributed by atoms with E-state index in [0.29, 0.717) is 16.4 Å². The highest BCUT2D eigenvalue weighted by molar-refractivity contribution is 6.32. The molecule has 19 heavy (non-hydrogen) atoms. The molecule has 5 nitrogen and oxygen atoms in total. The number of halogens is 1. The molecule has 0 aliphatic heterocycles. The summed E-state index contributed by atoms with van der Waals surface area (Å²) in [5.74, 6) is 1.01. The third kappa shape index (κ3) is 2.93. The molecule has 0 bridgehead atoms. The summed E-state index contributed by atoms with van der Waals surface area (Å²) in [4.78, 5) is 12.3. The summed E-state index contributed by atoms with van der Waals surface area (Å²) in [6.45, 7) is 1.00. The number of rotatable bonds is 4. The zero-order valence-corrected chi connectivity index (χ0v) is 11.1. The van der Waals surface area contributed by atoms with Gasteiger partial charge in [-0.15, -0.1) is 0 Å². The second-order valence-electron chi connectivity index (χ2n) is 4.68. The van der Waals surface area contributed by atoms with E-state index in [1.54, 1.807) is 6.20 Å². The summed E-state index contributed by atoms with van der Waals surface area (Å²) in [6.07, 6.45) is 5.86. The largest absolute Gasteiger partial charge is 0.385 e. The Labute approximate surface area is 116 Å². The zero-order valence-electron chi connectivity index (χ0n) is 10.3. The normalized spacial score (nSPS) is 14.4. The van der Waals surface area contributed by atoms with Gasteiger partial charge in [-0.2, -0.15) is 0 Å². The van der Waals surface area contributed by atoms with Crippen molar-refractivity contribution in [3.8, 4) is 11.4 Å². The average molecular weight is 276 g/mol. The van der Waals surface area contributed by atoms with E-state index in [4.69, 9.17) is 17.3 Å². The number of pyridine rings is 1. The molecule has 98 valence electrons. The Morgan fingerprint density at radius 3 is 3.00 bits per heavy atom. The Hall–Kier alpha value is -1.88. The predicted molar refractivity (Wildman–Crippen MR) is 75.9 cm³/mol. The van der Waals surface area contributed by atoms with E-state index in [0.717, 1.165) is 18.2 Å². The third-order valence-corrected chi connectivity index (χ3v) is 3.33. The molecule has 2 aromatic rings. The Balaban J connectivity index is 1.86. The molecule has 6 heteroatoms. The number of nitrogens with zero attached hydrogens (tertiary/aromatic N) is 3. The van der Waals surface area contributed by atoms with Gasteiger partial charge in [-0.1, -0.05) is 11.6 Å². The van der Waals surface area contributed by atoms with Crippen LogP contribution in [0, 0.1) is 5.92 Å². The first-order chi connectivity index (χ1) is 9.22. The first kappa shape index (κ1) is 12.2. The van der Waals surface area contributed by atoms with E-state index in [9.17, 15) is 0 Å².